The highest BCUT2D eigenvalue weighted by atomic mass is 15.0. The Hall–Kier alpha value is -6.64. The quantitative estimate of drug-likeness (QED) is 0.178. The van der Waals surface area contributed by atoms with E-state index < -0.39 is 0 Å². The second kappa shape index (κ2) is 11.5. The highest BCUT2D eigenvalue weighted by molar-refractivity contribution is 6.11. The molecule has 0 aliphatic rings. The van der Waals surface area contributed by atoms with Crippen molar-refractivity contribution in [1.82, 2.24) is 9.13 Å². The number of benzene rings is 8. The first-order valence-electron chi connectivity index (χ1n) is 18.0. The molecule has 0 aliphatic heterocycles. The number of nitrogens with zero attached hydrogens (tertiary/aromatic N) is 2. The van der Waals surface area contributed by atoms with Gasteiger partial charge in [0.05, 0.1) is 24.8 Å². The van der Waals surface area contributed by atoms with Gasteiger partial charge >= 0.3 is 0 Å². The van der Waals surface area contributed by atoms with Gasteiger partial charge in [0, 0.05) is 32.9 Å². The lowest BCUT2D eigenvalue weighted by Crippen LogP contribution is -1.92. The third-order valence-electron chi connectivity index (χ3n) is 10.0. The molecular formula is C48H32N2. The van der Waals surface area contributed by atoms with E-state index in [4.69, 9.17) is 2.74 Å². The molecule has 0 unspecified atom stereocenters. The molecule has 234 valence electrons. The van der Waals surface area contributed by atoms with Gasteiger partial charge in [-0.25, -0.2) is 0 Å². The number of hydrogen-bond acceptors (Lipinski definition) is 0. The van der Waals surface area contributed by atoms with Crippen molar-refractivity contribution in [3.63, 3.8) is 0 Å². The predicted molar refractivity (Wildman–Crippen MR) is 211 cm³/mol. The molecule has 0 fully saturated rings. The summed E-state index contributed by atoms with van der Waals surface area (Å²) < 4.78 is 21.2. The van der Waals surface area contributed by atoms with Crippen LogP contribution in [0.25, 0.3) is 88.4 Å². The lowest BCUT2D eigenvalue weighted by molar-refractivity contribution is 1.18. The molecule has 2 nitrogen and oxygen atoms in total. The summed E-state index contributed by atoms with van der Waals surface area (Å²) in [6, 6.07) is 64.6. The number of hydrogen-bond donors (Lipinski definition) is 0. The zero-order chi connectivity index (χ0) is 34.8. The van der Waals surface area contributed by atoms with Gasteiger partial charge in [0.2, 0.25) is 0 Å². The number of rotatable bonds is 5. The van der Waals surface area contributed by atoms with Gasteiger partial charge in [0.1, 0.15) is 0 Å². The zero-order valence-electron chi connectivity index (χ0n) is 29.2. The van der Waals surface area contributed by atoms with Crippen molar-refractivity contribution in [1.29, 1.82) is 0 Å². The highest BCUT2D eigenvalue weighted by Gasteiger charge is 2.15. The molecule has 8 aromatic carbocycles. The molecule has 2 heteroatoms. The Labute approximate surface area is 293 Å². The maximum Gasteiger partial charge on any atom is 0.0623 e. The van der Waals surface area contributed by atoms with Crippen LogP contribution in [0.2, 0.25) is 0 Å². The van der Waals surface area contributed by atoms with E-state index in [0.717, 1.165) is 77.2 Å². The summed E-state index contributed by atoms with van der Waals surface area (Å²) in [4.78, 5) is 0. The van der Waals surface area contributed by atoms with Crippen LogP contribution in [0, 0.1) is 0 Å². The molecule has 0 saturated heterocycles. The Morgan fingerprint density at radius 3 is 1.02 bits per heavy atom. The molecule has 2 heterocycles. The average molecular weight is 639 g/mol. The van der Waals surface area contributed by atoms with Gasteiger partial charge in [-0.15, -0.1) is 0 Å². The normalized spacial score (nSPS) is 12.2. The predicted octanol–water partition coefficient (Wildman–Crippen LogP) is 12.9. The van der Waals surface area contributed by atoms with Gasteiger partial charge in [-0.1, -0.05) is 133 Å². The molecule has 10 aromatic rings. The standard InChI is InChI=1S/C48H32N2/c1-3-11-39(12-4-1)49-45-17-9-7-15-41(45)43-31-37(27-29-47(43)49)35-23-19-33(20-24-35)34-21-25-36(26-22-34)38-28-30-48-44(32-38)42-16-8-10-18-46(42)50(48)40-13-5-2-6-14-40/h1-32H/i7D,8D. The second-order valence-corrected chi connectivity index (χ2v) is 12.8. The van der Waals surface area contributed by atoms with Crippen LogP contribution in [0.4, 0.5) is 0 Å². The molecule has 50 heavy (non-hydrogen) atoms. The second-order valence-electron chi connectivity index (χ2n) is 12.8. The van der Waals surface area contributed by atoms with E-state index >= 15 is 0 Å². The topological polar surface area (TPSA) is 9.86 Å². The van der Waals surface area contributed by atoms with Crippen molar-refractivity contribution in [2.45, 2.75) is 0 Å². The van der Waals surface area contributed by atoms with E-state index in [-0.39, 0.29) is 0 Å². The average Bonchev–Trinajstić information content (AvgIpc) is 3.70. The minimum Gasteiger partial charge on any atom is -0.309 e. The van der Waals surface area contributed by atoms with Crippen LogP contribution in [0.15, 0.2) is 194 Å². The van der Waals surface area contributed by atoms with Crippen LogP contribution < -0.4 is 0 Å². The molecule has 0 aliphatic carbocycles. The third kappa shape index (κ3) is 4.57. The monoisotopic (exact) mass is 638 g/mol. The smallest absolute Gasteiger partial charge is 0.0623 e. The number of para-hydroxylation sites is 4. The Morgan fingerprint density at radius 1 is 0.280 bits per heavy atom. The zero-order valence-corrected chi connectivity index (χ0v) is 27.2. The summed E-state index contributed by atoms with van der Waals surface area (Å²) in [5.41, 5.74) is 13.7. The van der Waals surface area contributed by atoms with Crippen LogP contribution >= 0.6 is 0 Å². The lowest BCUT2D eigenvalue weighted by atomic mass is 9.97. The fourth-order valence-corrected chi connectivity index (χ4v) is 7.60. The number of aromatic nitrogens is 2. The fraction of sp³-hybridized carbons (Fsp3) is 0. The summed E-state index contributed by atoms with van der Waals surface area (Å²) in [5, 5.41) is 4.47. The maximum atomic E-state index is 8.33. The van der Waals surface area contributed by atoms with E-state index in [0.29, 0.717) is 12.1 Å². The van der Waals surface area contributed by atoms with Crippen molar-refractivity contribution in [2.75, 3.05) is 0 Å². The first-order chi connectivity index (χ1) is 25.6. The molecule has 2 aromatic heterocycles. The highest BCUT2D eigenvalue weighted by Crippen LogP contribution is 2.37. The molecule has 10 rings (SSSR count). The van der Waals surface area contributed by atoms with Gasteiger partial charge in [-0.05, 0) is 94.0 Å². The minimum atomic E-state index is 0.513. The first-order valence-corrected chi connectivity index (χ1v) is 17.0. The SMILES string of the molecule is [2H]c1ccc2c(c1)c1cc(-c3ccc(-c4ccc(-c5ccc6c(c5)c5cc([2H])ccc5n6-c5ccccc5)cc4)cc3)ccc1n2-c1ccccc1. The minimum absolute atomic E-state index is 0.513. The van der Waals surface area contributed by atoms with Crippen molar-refractivity contribution in [2.24, 2.45) is 0 Å². The van der Waals surface area contributed by atoms with Crippen molar-refractivity contribution in [3.8, 4) is 44.8 Å². The van der Waals surface area contributed by atoms with Crippen molar-refractivity contribution in [3.05, 3.63) is 194 Å². The largest absolute Gasteiger partial charge is 0.309 e. The van der Waals surface area contributed by atoms with E-state index in [9.17, 15) is 0 Å². The summed E-state index contributed by atoms with van der Waals surface area (Å²) >= 11 is 0. The molecule has 0 N–H and O–H groups in total. The number of fused-ring (bicyclic) bond motifs is 6. The van der Waals surface area contributed by atoms with Crippen LogP contribution in [0.5, 0.6) is 0 Å². The van der Waals surface area contributed by atoms with Crippen LogP contribution in [-0.2, 0) is 0 Å². The summed E-state index contributed by atoms with van der Waals surface area (Å²) in [5.74, 6) is 0. The molecule has 0 atom stereocenters. The Kier molecular flexibility index (Phi) is 6.06. The molecule has 0 bridgehead atoms. The first kappa shape index (κ1) is 26.3. The van der Waals surface area contributed by atoms with E-state index in [2.05, 4.69) is 155 Å². The Morgan fingerprint density at radius 2 is 0.620 bits per heavy atom. The summed E-state index contributed by atoms with van der Waals surface area (Å²) in [7, 11) is 0. The van der Waals surface area contributed by atoms with Gasteiger partial charge in [-0.2, -0.15) is 0 Å². The fourth-order valence-electron chi connectivity index (χ4n) is 7.60. The van der Waals surface area contributed by atoms with Gasteiger partial charge < -0.3 is 9.13 Å². The summed E-state index contributed by atoms with van der Waals surface area (Å²) in [6.45, 7) is 0. The van der Waals surface area contributed by atoms with E-state index in [1.54, 1.807) is 0 Å². The molecule has 0 spiro atoms. The van der Waals surface area contributed by atoms with Crippen molar-refractivity contribution >= 4 is 43.6 Å². The van der Waals surface area contributed by atoms with Gasteiger partial charge in [-0.3, -0.25) is 0 Å². The molecule has 0 amide bonds. The maximum absolute atomic E-state index is 8.33. The third-order valence-corrected chi connectivity index (χ3v) is 10.0. The van der Waals surface area contributed by atoms with E-state index in [1.807, 2.05) is 36.4 Å². The molecule has 0 saturated carbocycles. The molecular weight excluding hydrogens is 605 g/mol. The lowest BCUT2D eigenvalue weighted by Gasteiger charge is -2.09. The van der Waals surface area contributed by atoms with Gasteiger partial charge in [0.15, 0.2) is 0 Å². The van der Waals surface area contributed by atoms with Gasteiger partial charge in [0.25, 0.3) is 0 Å². The Balaban J connectivity index is 0.974. The molecule has 0 radical (unpaired) electrons. The van der Waals surface area contributed by atoms with Crippen LogP contribution in [-0.4, -0.2) is 9.13 Å². The summed E-state index contributed by atoms with van der Waals surface area (Å²) in [6.07, 6.45) is 0. The Bertz CT molecular complexity index is 2730. The van der Waals surface area contributed by atoms with Crippen LogP contribution in [0.3, 0.4) is 0 Å². The van der Waals surface area contributed by atoms with Crippen molar-refractivity contribution < 1.29 is 2.74 Å². The van der Waals surface area contributed by atoms with Crippen LogP contribution in [0.1, 0.15) is 2.74 Å². The van der Waals surface area contributed by atoms with E-state index in [1.165, 1.54) is 11.1 Å².